The van der Waals surface area contributed by atoms with Gasteiger partial charge in [-0.1, -0.05) is 26.0 Å². The van der Waals surface area contributed by atoms with Gasteiger partial charge in [-0.25, -0.2) is 4.99 Å². The van der Waals surface area contributed by atoms with Crippen molar-refractivity contribution in [2.24, 2.45) is 10.4 Å². The quantitative estimate of drug-likeness (QED) is 0.197. The molecule has 2 N–H and O–H groups in total. The van der Waals surface area contributed by atoms with Crippen molar-refractivity contribution in [1.29, 1.82) is 0 Å². The minimum absolute atomic E-state index is 0. The van der Waals surface area contributed by atoms with Crippen LogP contribution in [0.25, 0.3) is 0 Å². The average molecular weight is 506 g/mol. The van der Waals surface area contributed by atoms with Crippen LogP contribution in [0.4, 0.5) is 0 Å². The average Bonchev–Trinajstić information content (AvgIpc) is 2.62. The Bertz CT molecular complexity index is 548. The Morgan fingerprint density at radius 3 is 2.39 bits per heavy atom. The number of benzene rings is 1. The molecule has 0 saturated heterocycles. The van der Waals surface area contributed by atoms with Gasteiger partial charge in [-0.2, -0.15) is 0 Å². The van der Waals surface area contributed by atoms with Crippen molar-refractivity contribution in [1.82, 2.24) is 15.5 Å². The maximum Gasteiger partial charge on any atom is 0.191 e. The van der Waals surface area contributed by atoms with Crippen molar-refractivity contribution in [3.63, 3.8) is 0 Å². The van der Waals surface area contributed by atoms with E-state index in [1.165, 1.54) is 0 Å². The predicted molar refractivity (Wildman–Crippen MR) is 129 cm³/mol. The Balaban J connectivity index is 0.00000729. The highest BCUT2D eigenvalue weighted by atomic mass is 127. The number of nitrogens with one attached hydrogen (secondary N) is 2. The minimum atomic E-state index is 0. The van der Waals surface area contributed by atoms with Crippen LogP contribution >= 0.6 is 24.0 Å². The lowest BCUT2D eigenvalue weighted by molar-refractivity contribution is 0.145. The molecule has 28 heavy (non-hydrogen) atoms. The normalized spacial score (nSPS) is 11.9. The molecule has 0 atom stereocenters. The van der Waals surface area contributed by atoms with Crippen LogP contribution in [0.5, 0.6) is 5.75 Å². The molecular weight excluding hydrogens is 467 g/mol. The molecule has 0 radical (unpaired) electrons. The third kappa shape index (κ3) is 12.4. The first-order valence-electron chi connectivity index (χ1n) is 9.74. The zero-order valence-corrected chi connectivity index (χ0v) is 20.7. The summed E-state index contributed by atoms with van der Waals surface area (Å²) in [4.78, 5) is 6.96. The third-order valence-corrected chi connectivity index (χ3v) is 4.02. The summed E-state index contributed by atoms with van der Waals surface area (Å²) >= 11 is 0. The van der Waals surface area contributed by atoms with Crippen LogP contribution in [-0.2, 0) is 11.3 Å². The van der Waals surface area contributed by atoms with Gasteiger partial charge in [0.2, 0.25) is 0 Å². The number of hydrogen-bond acceptors (Lipinski definition) is 4. The minimum Gasteiger partial charge on any atom is -0.497 e. The Morgan fingerprint density at radius 2 is 1.82 bits per heavy atom. The number of guanidine groups is 1. The number of methoxy groups -OCH3 is 1. The number of halogens is 1. The number of nitrogens with zero attached hydrogens (tertiary/aromatic N) is 2. The van der Waals surface area contributed by atoms with Crippen LogP contribution in [-0.4, -0.2) is 64.9 Å². The van der Waals surface area contributed by atoms with Gasteiger partial charge in [0.1, 0.15) is 5.75 Å². The summed E-state index contributed by atoms with van der Waals surface area (Å²) in [5.74, 6) is 1.70. The van der Waals surface area contributed by atoms with Crippen molar-refractivity contribution >= 4 is 29.9 Å². The van der Waals surface area contributed by atoms with E-state index in [4.69, 9.17) is 14.5 Å². The van der Waals surface area contributed by atoms with Crippen molar-refractivity contribution < 1.29 is 9.47 Å². The van der Waals surface area contributed by atoms with Gasteiger partial charge in [-0.05, 0) is 50.6 Å². The summed E-state index contributed by atoms with van der Waals surface area (Å²) in [5, 5.41) is 6.91. The van der Waals surface area contributed by atoms with Crippen molar-refractivity contribution in [2.45, 2.75) is 33.7 Å². The summed E-state index contributed by atoms with van der Waals surface area (Å²) in [6.07, 6.45) is 0.957. The largest absolute Gasteiger partial charge is 0.497 e. The van der Waals surface area contributed by atoms with E-state index in [1.807, 2.05) is 31.2 Å². The van der Waals surface area contributed by atoms with Crippen molar-refractivity contribution in [3.8, 4) is 5.75 Å². The van der Waals surface area contributed by atoms with Gasteiger partial charge in [0, 0.05) is 32.8 Å². The molecule has 0 unspecified atom stereocenters. The summed E-state index contributed by atoms with van der Waals surface area (Å²) < 4.78 is 10.6. The van der Waals surface area contributed by atoms with Gasteiger partial charge in [-0.15, -0.1) is 24.0 Å². The molecule has 0 aliphatic heterocycles. The van der Waals surface area contributed by atoms with Crippen LogP contribution in [0, 0.1) is 5.41 Å². The summed E-state index contributed by atoms with van der Waals surface area (Å²) in [7, 11) is 5.88. The second-order valence-corrected chi connectivity index (χ2v) is 7.75. The van der Waals surface area contributed by atoms with E-state index in [0.717, 1.165) is 56.5 Å². The van der Waals surface area contributed by atoms with Gasteiger partial charge in [-0.3, -0.25) is 0 Å². The van der Waals surface area contributed by atoms with E-state index in [2.05, 4.69) is 43.5 Å². The first-order valence-corrected chi connectivity index (χ1v) is 9.74. The molecule has 7 heteroatoms. The Kier molecular flexibility index (Phi) is 14.3. The van der Waals surface area contributed by atoms with Crippen LogP contribution in [0.2, 0.25) is 0 Å². The highest BCUT2D eigenvalue weighted by molar-refractivity contribution is 14.0. The first kappa shape index (κ1) is 26.9. The number of ether oxygens (including phenoxy) is 2. The second kappa shape index (κ2) is 14.9. The highest BCUT2D eigenvalue weighted by Gasteiger charge is 2.19. The molecule has 6 nitrogen and oxygen atoms in total. The first-order chi connectivity index (χ1) is 12.9. The van der Waals surface area contributed by atoms with E-state index in [0.29, 0.717) is 6.54 Å². The van der Waals surface area contributed by atoms with Crippen LogP contribution < -0.4 is 15.4 Å². The molecule has 0 aromatic heterocycles. The van der Waals surface area contributed by atoms with E-state index < -0.39 is 0 Å². The van der Waals surface area contributed by atoms with E-state index in [1.54, 1.807) is 7.11 Å². The molecule has 0 spiro atoms. The van der Waals surface area contributed by atoms with Crippen molar-refractivity contribution in [3.05, 3.63) is 29.8 Å². The number of aliphatic imine (C=N–C) groups is 1. The molecule has 162 valence electrons. The molecule has 0 aliphatic rings. The maximum atomic E-state index is 5.41. The summed E-state index contributed by atoms with van der Waals surface area (Å²) in [6.45, 7) is 11.4. The smallest absolute Gasteiger partial charge is 0.191 e. The molecule has 0 amide bonds. The fraction of sp³-hybridized carbons (Fsp3) is 0.667. The van der Waals surface area contributed by atoms with Gasteiger partial charge in [0.25, 0.3) is 0 Å². The van der Waals surface area contributed by atoms with E-state index in [-0.39, 0.29) is 29.4 Å². The van der Waals surface area contributed by atoms with E-state index >= 15 is 0 Å². The zero-order valence-electron chi connectivity index (χ0n) is 18.4. The maximum absolute atomic E-state index is 5.41. The second-order valence-electron chi connectivity index (χ2n) is 7.75. The van der Waals surface area contributed by atoms with Crippen LogP contribution in [0.1, 0.15) is 32.8 Å². The SMILES string of the molecule is CCOCCCNC(=NCc1ccc(OC)cc1)NCC(C)(C)CN(C)C.I. The molecule has 0 heterocycles. The van der Waals surface area contributed by atoms with Gasteiger partial charge in [0.05, 0.1) is 13.7 Å². The monoisotopic (exact) mass is 506 g/mol. The lowest BCUT2D eigenvalue weighted by Gasteiger charge is -2.29. The number of rotatable bonds is 12. The van der Waals surface area contributed by atoms with Gasteiger partial charge >= 0.3 is 0 Å². The molecule has 0 bridgehead atoms. The molecule has 0 fully saturated rings. The fourth-order valence-electron chi connectivity index (χ4n) is 2.84. The summed E-state index contributed by atoms with van der Waals surface area (Å²) in [5.41, 5.74) is 1.30. The topological polar surface area (TPSA) is 58.1 Å². The third-order valence-electron chi connectivity index (χ3n) is 4.02. The number of hydrogen-bond donors (Lipinski definition) is 2. The molecule has 1 aromatic rings. The molecule has 0 saturated carbocycles. The predicted octanol–water partition coefficient (Wildman–Crippen LogP) is 3.36. The molecule has 1 rings (SSSR count). The van der Waals surface area contributed by atoms with Crippen LogP contribution in [0.15, 0.2) is 29.3 Å². The standard InChI is InChI=1S/C21H38N4O2.HI/c1-7-27-14-8-13-22-20(24-16-21(2,3)17-25(4)5)23-15-18-9-11-19(26-6)12-10-18;/h9-12H,7-8,13-17H2,1-6H3,(H2,22,23,24);1H. The molecular formula is C21H39IN4O2. The lowest BCUT2D eigenvalue weighted by atomic mass is 9.93. The highest BCUT2D eigenvalue weighted by Crippen LogP contribution is 2.14. The zero-order chi connectivity index (χ0) is 20.1. The Hall–Kier alpha value is -1.06. The van der Waals surface area contributed by atoms with Crippen LogP contribution in [0.3, 0.4) is 0 Å². The Morgan fingerprint density at radius 1 is 1.14 bits per heavy atom. The van der Waals surface area contributed by atoms with Gasteiger partial charge < -0.3 is 25.0 Å². The fourth-order valence-corrected chi connectivity index (χ4v) is 2.84. The molecule has 0 aliphatic carbocycles. The lowest BCUT2D eigenvalue weighted by Crippen LogP contribution is -2.45. The van der Waals surface area contributed by atoms with E-state index in [9.17, 15) is 0 Å². The van der Waals surface area contributed by atoms with Crippen molar-refractivity contribution in [2.75, 3.05) is 54.1 Å². The Labute approximate surface area is 188 Å². The summed E-state index contributed by atoms with van der Waals surface area (Å²) in [6, 6.07) is 8.03. The van der Waals surface area contributed by atoms with Gasteiger partial charge in [0.15, 0.2) is 5.96 Å². The molecule has 1 aromatic carbocycles.